The summed E-state index contributed by atoms with van der Waals surface area (Å²) in [5.74, 6) is 0.127. The van der Waals surface area contributed by atoms with E-state index in [1.165, 1.54) is 24.3 Å². The van der Waals surface area contributed by atoms with Crippen LogP contribution in [0.3, 0.4) is 0 Å². The monoisotopic (exact) mass is 563 g/mol. The molecule has 9 nitrogen and oxygen atoms in total. The van der Waals surface area contributed by atoms with Gasteiger partial charge >= 0.3 is 6.09 Å². The van der Waals surface area contributed by atoms with Crippen molar-refractivity contribution in [1.29, 1.82) is 0 Å². The number of ether oxygens (including phenoxy) is 1. The van der Waals surface area contributed by atoms with E-state index in [0.29, 0.717) is 46.5 Å². The smallest absolute Gasteiger partial charge is 0.405 e. The number of phenols is 1. The van der Waals surface area contributed by atoms with Crippen LogP contribution in [0, 0.1) is 5.82 Å². The number of fused-ring (bicyclic) bond motifs is 1. The number of unbranched alkanes of at least 4 members (excludes halogenated alkanes) is 3. The van der Waals surface area contributed by atoms with Crippen LogP contribution in [0.25, 0.3) is 10.9 Å². The van der Waals surface area contributed by atoms with Crippen LogP contribution in [0.15, 0.2) is 77.6 Å². The highest BCUT2D eigenvalue weighted by molar-refractivity contribution is 5.87. The number of pyridine rings is 1. The van der Waals surface area contributed by atoms with Crippen molar-refractivity contribution in [2.45, 2.75) is 37.8 Å². The zero-order chi connectivity index (χ0) is 29.2. The van der Waals surface area contributed by atoms with E-state index in [2.05, 4.69) is 15.6 Å². The molecule has 6 N–H and O–H groups in total. The number of amides is 1. The second-order valence-corrected chi connectivity index (χ2v) is 9.78. The maximum absolute atomic E-state index is 13.7. The molecule has 0 spiro atoms. The summed E-state index contributed by atoms with van der Waals surface area (Å²) in [6, 6.07) is 18.3. The van der Waals surface area contributed by atoms with Crippen molar-refractivity contribution in [2.75, 3.05) is 19.7 Å². The summed E-state index contributed by atoms with van der Waals surface area (Å²) < 4.78 is 19.6. The number of aromatic amines is 1. The summed E-state index contributed by atoms with van der Waals surface area (Å²) in [5.41, 5.74) is 1.77. The van der Waals surface area contributed by atoms with Gasteiger partial charge in [-0.3, -0.25) is 4.79 Å². The minimum Gasteiger partial charge on any atom is -0.506 e. The Morgan fingerprint density at radius 3 is 2.49 bits per heavy atom. The number of aliphatic hydroxyl groups is 1. The second kappa shape index (κ2) is 14.3. The van der Waals surface area contributed by atoms with E-state index in [-0.39, 0.29) is 11.3 Å². The number of aliphatic hydroxyl groups excluding tert-OH is 1. The predicted molar refractivity (Wildman–Crippen MR) is 154 cm³/mol. The van der Waals surface area contributed by atoms with Gasteiger partial charge in [-0.1, -0.05) is 43.2 Å². The molecule has 3 aromatic carbocycles. The number of phenolic OH excluding ortho intramolecular Hbond substituents is 1. The third kappa shape index (κ3) is 8.29. The van der Waals surface area contributed by atoms with Crippen LogP contribution in [0.1, 0.15) is 54.5 Å². The van der Waals surface area contributed by atoms with E-state index < -0.39 is 24.1 Å². The largest absolute Gasteiger partial charge is 0.506 e. The van der Waals surface area contributed by atoms with Crippen LogP contribution >= 0.6 is 0 Å². The summed E-state index contributed by atoms with van der Waals surface area (Å²) in [5, 5.41) is 36.2. The molecule has 2 atom stereocenters. The van der Waals surface area contributed by atoms with Gasteiger partial charge in [0.1, 0.15) is 17.3 Å². The molecule has 0 radical (unpaired) electrons. The van der Waals surface area contributed by atoms with Crippen LogP contribution < -0.4 is 20.9 Å². The normalized spacial score (nSPS) is 12.6. The Morgan fingerprint density at radius 1 is 0.951 bits per heavy atom. The van der Waals surface area contributed by atoms with Crippen molar-refractivity contribution in [3.8, 4) is 11.5 Å². The van der Waals surface area contributed by atoms with Crippen molar-refractivity contribution in [1.82, 2.24) is 15.6 Å². The highest BCUT2D eigenvalue weighted by atomic mass is 19.1. The Bertz CT molecular complexity index is 1530. The van der Waals surface area contributed by atoms with Crippen molar-refractivity contribution in [2.24, 2.45) is 0 Å². The van der Waals surface area contributed by atoms with Crippen LogP contribution in [0.5, 0.6) is 11.5 Å². The SMILES string of the molecule is O=C(O)NC(c1cccc(F)c1)c1cccc(OCCCCCCNC[C@@H](O)c2ccc(O)c3[nH]c(=O)ccc23)c1. The lowest BCUT2D eigenvalue weighted by molar-refractivity contribution is 0.176. The Morgan fingerprint density at radius 2 is 1.71 bits per heavy atom. The first-order valence-corrected chi connectivity index (χ1v) is 13.5. The highest BCUT2D eigenvalue weighted by Gasteiger charge is 2.18. The molecule has 41 heavy (non-hydrogen) atoms. The Balaban J connectivity index is 1.17. The van der Waals surface area contributed by atoms with E-state index in [9.17, 15) is 29.3 Å². The molecule has 1 unspecified atom stereocenters. The maximum Gasteiger partial charge on any atom is 0.405 e. The zero-order valence-corrected chi connectivity index (χ0v) is 22.5. The number of hydrogen-bond donors (Lipinski definition) is 6. The molecule has 0 saturated heterocycles. The number of nitrogens with one attached hydrogen (secondary N) is 3. The molecule has 216 valence electrons. The molecule has 0 bridgehead atoms. The number of halogens is 1. The number of carbonyl (C=O) groups is 1. The van der Waals surface area contributed by atoms with Gasteiger partial charge in [-0.15, -0.1) is 0 Å². The number of aromatic hydroxyl groups is 1. The highest BCUT2D eigenvalue weighted by Crippen LogP contribution is 2.29. The standard InChI is InChI=1S/C31H34FN3O6/c32-22-9-5-7-20(17-22)29(35-31(39)40)21-8-6-10-23(18-21)41-16-4-2-1-3-15-33-19-27(37)24-11-13-26(36)30-25(24)12-14-28(38)34-30/h5-14,17-18,27,29,33,35-37H,1-4,15-16,19H2,(H,34,38)(H,39,40)/t27-,29?/m1/s1. The van der Waals surface area contributed by atoms with Crippen molar-refractivity contribution < 1.29 is 29.2 Å². The number of carboxylic acid groups (broad SMARTS) is 1. The van der Waals surface area contributed by atoms with Gasteiger partial charge in [0.25, 0.3) is 0 Å². The first-order chi connectivity index (χ1) is 19.8. The fraction of sp³-hybridized carbons (Fsp3) is 0.290. The minimum absolute atomic E-state index is 0.0402. The van der Waals surface area contributed by atoms with Gasteiger partial charge in [0.2, 0.25) is 5.56 Å². The topological polar surface area (TPSA) is 144 Å². The van der Waals surface area contributed by atoms with E-state index in [4.69, 9.17) is 4.74 Å². The summed E-state index contributed by atoms with van der Waals surface area (Å²) in [4.78, 5) is 25.5. The van der Waals surface area contributed by atoms with Crippen molar-refractivity contribution in [3.63, 3.8) is 0 Å². The minimum atomic E-state index is -1.21. The van der Waals surface area contributed by atoms with E-state index >= 15 is 0 Å². The number of benzene rings is 3. The quantitative estimate of drug-likeness (QED) is 0.119. The van der Waals surface area contributed by atoms with Crippen LogP contribution in [-0.4, -0.2) is 46.1 Å². The molecule has 1 amide bonds. The lowest BCUT2D eigenvalue weighted by Gasteiger charge is -2.19. The number of hydrogen-bond acceptors (Lipinski definition) is 6. The van der Waals surface area contributed by atoms with Crippen molar-refractivity contribution in [3.05, 3.63) is 106 Å². The predicted octanol–water partition coefficient (Wildman–Crippen LogP) is 4.99. The van der Waals surface area contributed by atoms with Crippen LogP contribution in [-0.2, 0) is 0 Å². The van der Waals surface area contributed by atoms with E-state index in [1.54, 1.807) is 48.5 Å². The molecule has 0 aliphatic carbocycles. The molecule has 0 saturated carbocycles. The van der Waals surface area contributed by atoms with E-state index in [0.717, 1.165) is 32.2 Å². The molecular weight excluding hydrogens is 529 g/mol. The van der Waals surface area contributed by atoms with Gasteiger partial charge in [0.05, 0.1) is 24.3 Å². The molecule has 4 aromatic rings. The molecule has 10 heteroatoms. The fourth-order valence-corrected chi connectivity index (χ4v) is 4.75. The molecular formula is C31H34FN3O6. The second-order valence-electron chi connectivity index (χ2n) is 9.78. The molecule has 0 aliphatic heterocycles. The zero-order valence-electron chi connectivity index (χ0n) is 22.5. The lowest BCUT2D eigenvalue weighted by Crippen LogP contribution is -2.27. The summed E-state index contributed by atoms with van der Waals surface area (Å²) in [6.07, 6.45) is 1.68. The maximum atomic E-state index is 13.7. The first-order valence-electron chi connectivity index (χ1n) is 13.5. The van der Waals surface area contributed by atoms with Gasteiger partial charge in [-0.05, 0) is 72.5 Å². The molecule has 0 fully saturated rings. The van der Waals surface area contributed by atoms with E-state index in [1.807, 2.05) is 0 Å². The third-order valence-electron chi connectivity index (χ3n) is 6.76. The summed E-state index contributed by atoms with van der Waals surface area (Å²) in [6.45, 7) is 1.57. The number of H-pyrrole nitrogens is 1. The van der Waals surface area contributed by atoms with Gasteiger partial charge in [-0.25, -0.2) is 9.18 Å². The first kappa shape index (κ1) is 29.6. The number of rotatable bonds is 14. The fourth-order valence-electron chi connectivity index (χ4n) is 4.75. The van der Waals surface area contributed by atoms with Crippen molar-refractivity contribution >= 4 is 17.0 Å². The third-order valence-corrected chi connectivity index (χ3v) is 6.76. The molecule has 1 aromatic heterocycles. The van der Waals surface area contributed by atoms with Gasteiger partial charge in [0.15, 0.2) is 0 Å². The van der Waals surface area contributed by atoms with Gasteiger partial charge in [-0.2, -0.15) is 0 Å². The Labute approximate surface area is 236 Å². The van der Waals surface area contributed by atoms with Gasteiger partial charge < -0.3 is 35.7 Å². The molecule has 4 rings (SSSR count). The molecule has 0 aliphatic rings. The lowest BCUT2D eigenvalue weighted by atomic mass is 9.98. The van der Waals surface area contributed by atoms with Crippen LogP contribution in [0.4, 0.5) is 9.18 Å². The van der Waals surface area contributed by atoms with Crippen LogP contribution in [0.2, 0.25) is 0 Å². The average Bonchev–Trinajstić information content (AvgIpc) is 2.95. The summed E-state index contributed by atoms with van der Waals surface area (Å²) in [7, 11) is 0. The Hall–Kier alpha value is -4.41. The molecule has 1 heterocycles. The van der Waals surface area contributed by atoms with Gasteiger partial charge in [0, 0.05) is 18.0 Å². The number of aromatic nitrogens is 1. The summed E-state index contributed by atoms with van der Waals surface area (Å²) >= 11 is 0. The Kier molecular flexibility index (Phi) is 10.3. The average molecular weight is 564 g/mol.